The Hall–Kier alpha value is -4.70. The molecule has 0 unspecified atom stereocenters. The summed E-state index contributed by atoms with van der Waals surface area (Å²) in [5.41, 5.74) is 11.8. The van der Waals surface area contributed by atoms with E-state index in [-0.39, 0.29) is 16.6 Å². The molecule has 0 fully saturated rings. The molecule has 4 heteroatoms. The molecule has 1 N–H and O–H groups in total. The van der Waals surface area contributed by atoms with Gasteiger partial charge in [0.1, 0.15) is 11.6 Å². The number of aromatic nitrogens is 3. The molecule has 0 bridgehead atoms. The van der Waals surface area contributed by atoms with Crippen LogP contribution < -0.4 is 0 Å². The first kappa shape index (κ1) is 29.4. The van der Waals surface area contributed by atoms with Crippen LogP contribution in [0.25, 0.3) is 50.5 Å². The summed E-state index contributed by atoms with van der Waals surface area (Å²) in [4.78, 5) is 10.00. The van der Waals surface area contributed by atoms with Gasteiger partial charge in [-0.25, -0.2) is 4.98 Å². The lowest BCUT2D eigenvalue weighted by Gasteiger charge is -2.27. The Kier molecular flexibility index (Phi) is 7.20. The fraction of sp³-hybridized carbons (Fsp3) is 0.250. The molecule has 0 aliphatic rings. The van der Waals surface area contributed by atoms with Crippen molar-refractivity contribution in [1.29, 1.82) is 0 Å². The number of imidazole rings is 1. The van der Waals surface area contributed by atoms with Crippen LogP contribution in [-0.4, -0.2) is 19.6 Å². The number of hydrogen-bond acceptors (Lipinski definition) is 3. The molecule has 0 spiro atoms. The molecular weight excluding hydrogens is 538 g/mol. The summed E-state index contributed by atoms with van der Waals surface area (Å²) in [6.45, 7) is 17.4. The Labute approximate surface area is 261 Å². The Morgan fingerprint density at radius 2 is 1.34 bits per heavy atom. The second-order valence-electron chi connectivity index (χ2n) is 13.9. The molecule has 4 aromatic carbocycles. The molecule has 0 atom stereocenters. The van der Waals surface area contributed by atoms with Crippen LogP contribution in [0.5, 0.6) is 5.75 Å². The minimum absolute atomic E-state index is 0.116. The van der Waals surface area contributed by atoms with Crippen molar-refractivity contribution in [2.45, 2.75) is 66.2 Å². The second-order valence-corrected chi connectivity index (χ2v) is 13.9. The van der Waals surface area contributed by atoms with Crippen molar-refractivity contribution >= 4 is 11.0 Å². The molecule has 222 valence electrons. The quantitative estimate of drug-likeness (QED) is 0.226. The Morgan fingerprint density at radius 1 is 0.659 bits per heavy atom. The van der Waals surface area contributed by atoms with E-state index in [2.05, 4.69) is 138 Å². The van der Waals surface area contributed by atoms with Crippen LogP contribution in [0.15, 0.2) is 97.2 Å². The lowest BCUT2D eigenvalue weighted by Crippen LogP contribution is -2.17. The van der Waals surface area contributed by atoms with Gasteiger partial charge < -0.3 is 5.11 Å². The van der Waals surface area contributed by atoms with E-state index in [4.69, 9.17) is 4.98 Å². The number of nitrogens with zero attached hydrogens (tertiary/aromatic N) is 3. The van der Waals surface area contributed by atoms with Gasteiger partial charge in [-0.2, -0.15) is 0 Å². The minimum Gasteiger partial charge on any atom is -0.507 e. The third kappa shape index (κ3) is 5.19. The summed E-state index contributed by atoms with van der Waals surface area (Å²) in [5, 5.41) is 12.0. The van der Waals surface area contributed by atoms with Gasteiger partial charge in [-0.05, 0) is 77.3 Å². The molecule has 0 saturated carbocycles. The van der Waals surface area contributed by atoms with E-state index in [1.54, 1.807) is 0 Å². The maximum absolute atomic E-state index is 12.0. The maximum atomic E-state index is 12.0. The van der Waals surface area contributed by atoms with Gasteiger partial charge in [0.2, 0.25) is 0 Å². The van der Waals surface area contributed by atoms with Crippen LogP contribution in [0.2, 0.25) is 0 Å². The highest BCUT2D eigenvalue weighted by atomic mass is 16.3. The molecule has 6 aromatic rings. The molecule has 0 aliphatic heterocycles. The van der Waals surface area contributed by atoms with Gasteiger partial charge in [-0.1, -0.05) is 102 Å². The van der Waals surface area contributed by atoms with Crippen molar-refractivity contribution in [3.63, 3.8) is 0 Å². The predicted octanol–water partition coefficient (Wildman–Crippen LogP) is 10.3. The first-order chi connectivity index (χ1) is 20.8. The van der Waals surface area contributed by atoms with Crippen LogP contribution in [0.3, 0.4) is 0 Å². The number of aromatic hydroxyl groups is 1. The van der Waals surface area contributed by atoms with Gasteiger partial charge in [-0.3, -0.25) is 9.55 Å². The van der Waals surface area contributed by atoms with Crippen molar-refractivity contribution in [2.24, 2.45) is 0 Å². The zero-order valence-electron chi connectivity index (χ0n) is 27.0. The normalized spacial score (nSPS) is 12.2. The molecule has 0 aliphatic carbocycles. The average Bonchev–Trinajstić information content (AvgIpc) is 3.35. The average molecular weight is 580 g/mol. The number of phenols is 1. The first-order valence-corrected chi connectivity index (χ1v) is 15.3. The zero-order chi connectivity index (χ0) is 31.4. The largest absolute Gasteiger partial charge is 0.507 e. The van der Waals surface area contributed by atoms with Crippen LogP contribution in [-0.2, 0) is 10.8 Å². The number of aryl methyl sites for hydroxylation is 2. The minimum atomic E-state index is -0.257. The molecule has 4 nitrogen and oxygen atoms in total. The Balaban J connectivity index is 1.71. The van der Waals surface area contributed by atoms with Crippen molar-refractivity contribution < 1.29 is 5.11 Å². The molecular formula is C40H41N3O. The predicted molar refractivity (Wildman–Crippen MR) is 184 cm³/mol. The fourth-order valence-electron chi connectivity index (χ4n) is 6.09. The van der Waals surface area contributed by atoms with E-state index >= 15 is 0 Å². The highest BCUT2D eigenvalue weighted by Gasteiger charge is 2.29. The second kappa shape index (κ2) is 10.8. The van der Waals surface area contributed by atoms with E-state index in [0.717, 1.165) is 67.2 Å². The summed E-state index contributed by atoms with van der Waals surface area (Å²) >= 11 is 0. The van der Waals surface area contributed by atoms with E-state index in [0.29, 0.717) is 0 Å². The number of benzene rings is 4. The lowest BCUT2D eigenvalue weighted by atomic mass is 9.79. The van der Waals surface area contributed by atoms with Gasteiger partial charge in [0.15, 0.2) is 0 Å². The van der Waals surface area contributed by atoms with E-state index in [1.807, 2.05) is 24.4 Å². The topological polar surface area (TPSA) is 50.9 Å². The molecule has 6 rings (SSSR count). The molecule has 0 amide bonds. The van der Waals surface area contributed by atoms with E-state index < -0.39 is 0 Å². The monoisotopic (exact) mass is 579 g/mol. The number of hydrogen-bond donors (Lipinski definition) is 1. The third-order valence-corrected chi connectivity index (χ3v) is 8.51. The molecule has 44 heavy (non-hydrogen) atoms. The summed E-state index contributed by atoms with van der Waals surface area (Å²) in [6.07, 6.45) is 1.82. The Bertz CT molecular complexity index is 1980. The summed E-state index contributed by atoms with van der Waals surface area (Å²) in [7, 11) is 0. The third-order valence-electron chi connectivity index (χ3n) is 8.51. The van der Waals surface area contributed by atoms with E-state index in [1.165, 1.54) is 5.56 Å². The molecule has 0 radical (unpaired) electrons. The Morgan fingerprint density at radius 3 is 2.00 bits per heavy atom. The fourth-order valence-corrected chi connectivity index (χ4v) is 6.09. The number of phenolic OH excluding ortho intramolecular Hbond substituents is 1. The highest BCUT2D eigenvalue weighted by molar-refractivity contribution is 5.97. The van der Waals surface area contributed by atoms with Crippen LogP contribution in [0, 0.1) is 13.8 Å². The van der Waals surface area contributed by atoms with Crippen molar-refractivity contribution in [3.8, 4) is 45.2 Å². The maximum Gasteiger partial charge on any atom is 0.149 e. The van der Waals surface area contributed by atoms with Crippen molar-refractivity contribution in [2.75, 3.05) is 0 Å². The summed E-state index contributed by atoms with van der Waals surface area (Å²) < 4.78 is 2.25. The summed E-state index contributed by atoms with van der Waals surface area (Å²) in [5.74, 6) is 1.02. The van der Waals surface area contributed by atoms with Crippen LogP contribution >= 0.6 is 0 Å². The van der Waals surface area contributed by atoms with Gasteiger partial charge in [0.25, 0.3) is 0 Å². The highest BCUT2D eigenvalue weighted by Crippen LogP contribution is 2.44. The molecule has 2 aromatic heterocycles. The van der Waals surface area contributed by atoms with Crippen molar-refractivity contribution in [1.82, 2.24) is 14.5 Å². The molecule has 0 saturated heterocycles. The van der Waals surface area contributed by atoms with Crippen molar-refractivity contribution in [3.05, 3.63) is 119 Å². The first-order valence-electron chi connectivity index (χ1n) is 15.3. The van der Waals surface area contributed by atoms with Gasteiger partial charge in [0.05, 0.1) is 28.0 Å². The SMILES string of the molecule is Cc1cccc(C)c1-n1c(-c2cc(C(C)(C)C)cc(C(C)(C)C)c2O)nc2c(-c3cccc(-c4ccccn4)c3)cccc21. The number of fused-ring (bicyclic) bond motifs is 1. The number of rotatable bonds is 4. The standard InChI is InChI=1S/C40H41N3O/c1-25-14-11-15-26(2)36(25)43-34-20-13-18-30(27-16-12-17-28(22-27)33-19-9-10-21-41-33)35(34)42-38(43)31-23-29(39(3,4)5)24-32(37(31)44)40(6,7)8/h9-24,44H,1-8H3. The smallest absolute Gasteiger partial charge is 0.149 e. The number of pyridine rings is 1. The van der Waals surface area contributed by atoms with Gasteiger partial charge in [0, 0.05) is 22.9 Å². The van der Waals surface area contributed by atoms with Gasteiger partial charge in [-0.15, -0.1) is 0 Å². The van der Waals surface area contributed by atoms with E-state index in [9.17, 15) is 5.11 Å². The van der Waals surface area contributed by atoms with Gasteiger partial charge >= 0.3 is 0 Å². The lowest BCUT2D eigenvalue weighted by molar-refractivity contribution is 0.446. The summed E-state index contributed by atoms with van der Waals surface area (Å²) in [6, 6.07) is 31.5. The molecule has 2 heterocycles. The van der Waals surface area contributed by atoms with Crippen LogP contribution in [0.4, 0.5) is 0 Å². The zero-order valence-corrected chi connectivity index (χ0v) is 27.0. The number of para-hydroxylation sites is 2. The van der Waals surface area contributed by atoms with Crippen LogP contribution in [0.1, 0.15) is 63.8 Å².